The molecule has 0 spiro atoms. The highest BCUT2D eigenvalue weighted by Crippen LogP contribution is 2.27. The van der Waals surface area contributed by atoms with Gasteiger partial charge in [0.2, 0.25) is 0 Å². The molecule has 1 aliphatic rings. The molecule has 0 aliphatic carbocycles. The molecule has 2 rings (SSSR count). The molecule has 5 heteroatoms. The third-order valence-electron chi connectivity index (χ3n) is 3.76. The van der Waals surface area contributed by atoms with Gasteiger partial charge in [0.1, 0.15) is 5.82 Å². The Hall–Kier alpha value is -1.23. The van der Waals surface area contributed by atoms with Gasteiger partial charge in [-0.05, 0) is 12.8 Å². The number of halogens is 3. The standard InChI is InChI=1S/C14H19F3N2/c1-3-9-8-19(10(4-2)7-18-9)14-6-12(16)11(15)5-13(14)17/h5-6,9-10,18H,3-4,7-8H2,1-2H3. The third kappa shape index (κ3) is 2.86. The second-order valence-corrected chi connectivity index (χ2v) is 4.95. The van der Waals surface area contributed by atoms with Crippen molar-refractivity contribution in [1.82, 2.24) is 5.32 Å². The number of piperazine rings is 1. The zero-order valence-electron chi connectivity index (χ0n) is 11.2. The molecule has 1 heterocycles. The van der Waals surface area contributed by atoms with Gasteiger partial charge in [0.25, 0.3) is 0 Å². The van der Waals surface area contributed by atoms with Crippen LogP contribution in [0.25, 0.3) is 0 Å². The fourth-order valence-corrected chi connectivity index (χ4v) is 2.53. The molecule has 0 amide bonds. The van der Waals surface area contributed by atoms with Crippen LogP contribution in [0, 0.1) is 17.5 Å². The maximum Gasteiger partial charge on any atom is 0.161 e. The first kappa shape index (κ1) is 14.2. The Morgan fingerprint density at radius 1 is 1.11 bits per heavy atom. The number of hydrogen-bond acceptors (Lipinski definition) is 2. The largest absolute Gasteiger partial charge is 0.363 e. The van der Waals surface area contributed by atoms with Crippen molar-refractivity contribution in [3.8, 4) is 0 Å². The monoisotopic (exact) mass is 272 g/mol. The number of benzene rings is 1. The van der Waals surface area contributed by atoms with E-state index in [9.17, 15) is 13.2 Å². The van der Waals surface area contributed by atoms with Crippen LogP contribution < -0.4 is 10.2 Å². The lowest BCUT2D eigenvalue weighted by molar-refractivity contribution is 0.374. The van der Waals surface area contributed by atoms with Crippen molar-refractivity contribution < 1.29 is 13.2 Å². The average Bonchev–Trinajstić information content (AvgIpc) is 2.42. The molecule has 0 aromatic heterocycles. The van der Waals surface area contributed by atoms with Crippen LogP contribution in [0.3, 0.4) is 0 Å². The minimum Gasteiger partial charge on any atom is -0.363 e. The minimum absolute atomic E-state index is 0.0992. The fraction of sp³-hybridized carbons (Fsp3) is 0.571. The predicted octanol–water partition coefficient (Wildman–Crippen LogP) is 3.07. The van der Waals surface area contributed by atoms with E-state index in [0.29, 0.717) is 12.6 Å². The van der Waals surface area contributed by atoms with E-state index in [2.05, 4.69) is 5.32 Å². The van der Waals surface area contributed by atoms with Gasteiger partial charge in [-0.3, -0.25) is 0 Å². The summed E-state index contributed by atoms with van der Waals surface area (Å²) >= 11 is 0. The highest BCUT2D eigenvalue weighted by Gasteiger charge is 2.28. The zero-order valence-corrected chi connectivity index (χ0v) is 11.2. The van der Waals surface area contributed by atoms with E-state index in [1.165, 1.54) is 0 Å². The third-order valence-corrected chi connectivity index (χ3v) is 3.76. The van der Waals surface area contributed by atoms with Crippen molar-refractivity contribution in [3.63, 3.8) is 0 Å². The molecule has 19 heavy (non-hydrogen) atoms. The number of rotatable bonds is 3. The van der Waals surface area contributed by atoms with Gasteiger partial charge in [-0.1, -0.05) is 13.8 Å². The molecular formula is C14H19F3N2. The molecule has 106 valence electrons. The summed E-state index contributed by atoms with van der Waals surface area (Å²) < 4.78 is 40.2. The first-order valence-electron chi connectivity index (χ1n) is 6.71. The summed E-state index contributed by atoms with van der Waals surface area (Å²) in [6.45, 7) is 5.39. The van der Waals surface area contributed by atoms with Gasteiger partial charge in [0.05, 0.1) is 5.69 Å². The topological polar surface area (TPSA) is 15.3 Å². The highest BCUT2D eigenvalue weighted by atomic mass is 19.2. The van der Waals surface area contributed by atoms with Crippen LogP contribution in [0.2, 0.25) is 0 Å². The number of nitrogens with zero attached hydrogens (tertiary/aromatic N) is 1. The normalized spacial score (nSPS) is 23.7. The van der Waals surface area contributed by atoms with Crippen molar-refractivity contribution in [3.05, 3.63) is 29.6 Å². The van der Waals surface area contributed by atoms with Crippen molar-refractivity contribution in [2.75, 3.05) is 18.0 Å². The van der Waals surface area contributed by atoms with E-state index in [1.54, 1.807) is 0 Å². The Morgan fingerprint density at radius 3 is 2.42 bits per heavy atom. The molecule has 2 unspecified atom stereocenters. The van der Waals surface area contributed by atoms with Crippen molar-refractivity contribution in [2.45, 2.75) is 38.8 Å². The maximum absolute atomic E-state index is 13.9. The summed E-state index contributed by atoms with van der Waals surface area (Å²) in [6, 6.07) is 1.93. The molecule has 1 saturated heterocycles. The van der Waals surface area contributed by atoms with Gasteiger partial charge in [0, 0.05) is 37.3 Å². The van der Waals surface area contributed by atoms with Crippen LogP contribution in [-0.2, 0) is 0 Å². The molecule has 2 atom stereocenters. The molecule has 2 nitrogen and oxygen atoms in total. The summed E-state index contributed by atoms with van der Waals surface area (Å²) in [7, 11) is 0. The van der Waals surface area contributed by atoms with E-state index < -0.39 is 17.5 Å². The summed E-state index contributed by atoms with van der Waals surface area (Å²) in [5.41, 5.74) is 0.158. The summed E-state index contributed by atoms with van der Waals surface area (Å²) in [6.07, 6.45) is 1.74. The smallest absolute Gasteiger partial charge is 0.161 e. The molecule has 1 aliphatic heterocycles. The molecule has 0 bridgehead atoms. The van der Waals surface area contributed by atoms with E-state index in [-0.39, 0.29) is 17.8 Å². The van der Waals surface area contributed by atoms with Crippen LogP contribution >= 0.6 is 0 Å². The van der Waals surface area contributed by atoms with E-state index in [4.69, 9.17) is 0 Å². The van der Waals surface area contributed by atoms with Gasteiger partial charge in [-0.25, -0.2) is 13.2 Å². The van der Waals surface area contributed by atoms with E-state index in [0.717, 1.165) is 25.5 Å². The maximum atomic E-state index is 13.9. The quantitative estimate of drug-likeness (QED) is 0.851. The van der Waals surface area contributed by atoms with Gasteiger partial charge in [0.15, 0.2) is 11.6 Å². The van der Waals surface area contributed by atoms with Gasteiger partial charge in [-0.2, -0.15) is 0 Å². The van der Waals surface area contributed by atoms with Crippen LogP contribution in [0.1, 0.15) is 26.7 Å². The number of nitrogens with one attached hydrogen (secondary N) is 1. The second-order valence-electron chi connectivity index (χ2n) is 4.95. The van der Waals surface area contributed by atoms with Crippen molar-refractivity contribution in [1.29, 1.82) is 0 Å². The van der Waals surface area contributed by atoms with Crippen LogP contribution in [0.4, 0.5) is 18.9 Å². The van der Waals surface area contributed by atoms with Crippen molar-refractivity contribution >= 4 is 5.69 Å². The molecule has 1 N–H and O–H groups in total. The first-order valence-corrected chi connectivity index (χ1v) is 6.71. The fourth-order valence-electron chi connectivity index (χ4n) is 2.53. The molecule has 1 aromatic rings. The Bertz CT molecular complexity index is 451. The SMILES string of the molecule is CCC1CN(c2cc(F)c(F)cc2F)C(CC)CN1. The van der Waals surface area contributed by atoms with Crippen LogP contribution in [0.5, 0.6) is 0 Å². The Morgan fingerprint density at radius 2 is 1.79 bits per heavy atom. The lowest BCUT2D eigenvalue weighted by atomic mass is 10.0. The highest BCUT2D eigenvalue weighted by molar-refractivity contribution is 5.50. The lowest BCUT2D eigenvalue weighted by Crippen LogP contribution is -2.56. The van der Waals surface area contributed by atoms with E-state index in [1.807, 2.05) is 18.7 Å². The average molecular weight is 272 g/mol. The van der Waals surface area contributed by atoms with Crippen LogP contribution in [0.15, 0.2) is 12.1 Å². The zero-order chi connectivity index (χ0) is 14.0. The number of anilines is 1. The first-order chi connectivity index (χ1) is 9.06. The molecule has 0 saturated carbocycles. The Kier molecular flexibility index (Phi) is 4.34. The molecule has 0 radical (unpaired) electrons. The lowest BCUT2D eigenvalue weighted by Gasteiger charge is -2.41. The Labute approximate surface area is 111 Å². The van der Waals surface area contributed by atoms with E-state index >= 15 is 0 Å². The van der Waals surface area contributed by atoms with Gasteiger partial charge < -0.3 is 10.2 Å². The van der Waals surface area contributed by atoms with Gasteiger partial charge in [-0.15, -0.1) is 0 Å². The summed E-state index contributed by atoms with van der Waals surface area (Å²) in [4.78, 5) is 1.85. The summed E-state index contributed by atoms with van der Waals surface area (Å²) in [5, 5.41) is 3.38. The minimum atomic E-state index is -1.14. The molecular weight excluding hydrogens is 253 g/mol. The second kappa shape index (κ2) is 5.82. The predicted molar refractivity (Wildman–Crippen MR) is 69.8 cm³/mol. The number of hydrogen-bond donors (Lipinski definition) is 1. The van der Waals surface area contributed by atoms with Gasteiger partial charge >= 0.3 is 0 Å². The molecule has 1 fully saturated rings. The van der Waals surface area contributed by atoms with Crippen molar-refractivity contribution in [2.24, 2.45) is 0 Å². The summed E-state index contributed by atoms with van der Waals surface area (Å²) in [5.74, 6) is -2.84. The van der Waals surface area contributed by atoms with Crippen LogP contribution in [-0.4, -0.2) is 25.2 Å². The molecule has 1 aromatic carbocycles. The Balaban J connectivity index is 2.33.